The Balaban J connectivity index is 2.80. The van der Waals surface area contributed by atoms with Crippen molar-refractivity contribution in [2.45, 2.75) is 46.0 Å². The van der Waals surface area contributed by atoms with Crippen molar-refractivity contribution in [1.82, 2.24) is 9.78 Å². The summed E-state index contributed by atoms with van der Waals surface area (Å²) < 4.78 is 1.96. The van der Waals surface area contributed by atoms with Crippen molar-refractivity contribution >= 4 is 0 Å². The molecule has 0 radical (unpaired) electrons. The van der Waals surface area contributed by atoms with Crippen LogP contribution in [0, 0.1) is 11.8 Å². The average Bonchev–Trinajstić information content (AvgIpc) is 2.64. The molecule has 3 heteroatoms. The third-order valence-corrected chi connectivity index (χ3v) is 2.88. The van der Waals surface area contributed by atoms with Crippen LogP contribution in [0.15, 0.2) is 0 Å². The molecule has 0 aromatic carbocycles. The first-order valence-corrected chi connectivity index (χ1v) is 6.48. The van der Waals surface area contributed by atoms with Gasteiger partial charge in [-0.1, -0.05) is 25.7 Å². The Kier molecular flexibility index (Phi) is 5.79. The van der Waals surface area contributed by atoms with Gasteiger partial charge in [0, 0.05) is 13.5 Å². The number of aromatic nitrogens is 2. The molecule has 0 saturated heterocycles. The van der Waals surface area contributed by atoms with E-state index in [-0.39, 0.29) is 0 Å². The molecule has 0 saturated carbocycles. The molecule has 94 valence electrons. The van der Waals surface area contributed by atoms with Gasteiger partial charge in [-0.25, -0.2) is 0 Å². The highest BCUT2D eigenvalue weighted by Gasteiger charge is 2.10. The maximum atomic E-state index is 5.45. The predicted molar refractivity (Wildman–Crippen MR) is 71.7 cm³/mol. The van der Waals surface area contributed by atoms with Gasteiger partial charge in [-0.3, -0.25) is 4.68 Å². The highest BCUT2D eigenvalue weighted by atomic mass is 15.3. The summed E-state index contributed by atoms with van der Waals surface area (Å²) in [5.74, 6) is 6.53. The Morgan fingerprint density at radius 3 is 2.59 bits per heavy atom. The zero-order chi connectivity index (χ0) is 12.7. The third kappa shape index (κ3) is 3.61. The van der Waals surface area contributed by atoms with Gasteiger partial charge in [-0.05, 0) is 32.2 Å². The van der Waals surface area contributed by atoms with Crippen molar-refractivity contribution in [3.8, 4) is 11.8 Å². The van der Waals surface area contributed by atoms with E-state index in [4.69, 9.17) is 5.73 Å². The largest absolute Gasteiger partial charge is 0.330 e. The predicted octanol–water partition coefficient (Wildman–Crippen LogP) is 2.03. The molecular weight excluding hydrogens is 210 g/mol. The maximum Gasteiger partial charge on any atom is 0.0781 e. The first-order valence-electron chi connectivity index (χ1n) is 6.48. The summed E-state index contributed by atoms with van der Waals surface area (Å²) in [4.78, 5) is 0. The standard InChI is InChI=1S/C14H23N3/c1-4-13-12(10-8-6-7-9-11-15)14(5-2)17(3)16-13/h4-7,9,11,15H2,1-3H3. The molecule has 0 aliphatic rings. The van der Waals surface area contributed by atoms with Crippen LogP contribution in [-0.4, -0.2) is 16.3 Å². The molecule has 1 aromatic rings. The summed E-state index contributed by atoms with van der Waals surface area (Å²) in [6.07, 6.45) is 5.00. The van der Waals surface area contributed by atoms with Crippen molar-refractivity contribution < 1.29 is 0 Å². The van der Waals surface area contributed by atoms with Crippen LogP contribution in [0.1, 0.15) is 50.1 Å². The minimum atomic E-state index is 0.759. The van der Waals surface area contributed by atoms with Crippen LogP contribution in [0.5, 0.6) is 0 Å². The van der Waals surface area contributed by atoms with Crippen LogP contribution < -0.4 is 5.73 Å². The minimum absolute atomic E-state index is 0.759. The van der Waals surface area contributed by atoms with E-state index in [1.807, 2.05) is 11.7 Å². The van der Waals surface area contributed by atoms with Crippen LogP contribution in [0.2, 0.25) is 0 Å². The molecule has 3 nitrogen and oxygen atoms in total. The molecule has 0 unspecified atom stereocenters. The van der Waals surface area contributed by atoms with E-state index >= 15 is 0 Å². The SMILES string of the molecule is CCc1nn(C)c(CC)c1C#CCCCCN. The first kappa shape index (κ1) is 13.8. The Morgan fingerprint density at radius 1 is 1.24 bits per heavy atom. The van der Waals surface area contributed by atoms with E-state index in [1.165, 1.54) is 5.69 Å². The molecule has 0 spiro atoms. The molecular formula is C14H23N3. The van der Waals surface area contributed by atoms with Gasteiger partial charge < -0.3 is 5.73 Å². The van der Waals surface area contributed by atoms with Gasteiger partial charge >= 0.3 is 0 Å². The molecule has 0 amide bonds. The molecule has 1 rings (SSSR count). The van der Waals surface area contributed by atoms with Crippen LogP contribution in [-0.2, 0) is 19.9 Å². The fraction of sp³-hybridized carbons (Fsp3) is 0.643. The smallest absolute Gasteiger partial charge is 0.0781 e. The van der Waals surface area contributed by atoms with Gasteiger partial charge in [0.25, 0.3) is 0 Å². The summed E-state index contributed by atoms with van der Waals surface area (Å²) in [6.45, 7) is 5.03. The highest BCUT2D eigenvalue weighted by molar-refractivity contribution is 5.42. The van der Waals surface area contributed by atoms with Crippen LogP contribution >= 0.6 is 0 Å². The zero-order valence-electron chi connectivity index (χ0n) is 11.2. The zero-order valence-corrected chi connectivity index (χ0v) is 11.2. The molecule has 0 atom stereocenters. The van der Waals surface area contributed by atoms with E-state index in [2.05, 4.69) is 30.8 Å². The van der Waals surface area contributed by atoms with Crippen LogP contribution in [0.4, 0.5) is 0 Å². The van der Waals surface area contributed by atoms with Crippen molar-refractivity contribution in [3.63, 3.8) is 0 Å². The molecule has 1 heterocycles. The molecule has 0 bridgehead atoms. The number of hydrogen-bond acceptors (Lipinski definition) is 2. The van der Waals surface area contributed by atoms with Crippen molar-refractivity contribution in [1.29, 1.82) is 0 Å². The summed E-state index contributed by atoms with van der Waals surface area (Å²) in [5, 5.41) is 4.51. The lowest BCUT2D eigenvalue weighted by atomic mass is 10.1. The molecule has 0 fully saturated rings. The van der Waals surface area contributed by atoms with Gasteiger partial charge in [0.1, 0.15) is 0 Å². The van der Waals surface area contributed by atoms with Crippen molar-refractivity contribution in [3.05, 3.63) is 17.0 Å². The van der Waals surface area contributed by atoms with E-state index in [0.717, 1.165) is 49.9 Å². The second-order valence-corrected chi connectivity index (χ2v) is 4.15. The third-order valence-electron chi connectivity index (χ3n) is 2.88. The Bertz CT molecular complexity index is 407. The molecule has 2 N–H and O–H groups in total. The minimum Gasteiger partial charge on any atom is -0.330 e. The van der Waals surface area contributed by atoms with Gasteiger partial charge in [0.05, 0.1) is 17.0 Å². The lowest BCUT2D eigenvalue weighted by molar-refractivity contribution is 0.704. The van der Waals surface area contributed by atoms with Crippen LogP contribution in [0.3, 0.4) is 0 Å². The van der Waals surface area contributed by atoms with Crippen molar-refractivity contribution in [2.75, 3.05) is 6.54 Å². The lowest BCUT2D eigenvalue weighted by Crippen LogP contribution is -1.97. The van der Waals surface area contributed by atoms with Gasteiger partial charge in [0.2, 0.25) is 0 Å². The van der Waals surface area contributed by atoms with E-state index in [0.29, 0.717) is 0 Å². The van der Waals surface area contributed by atoms with Crippen molar-refractivity contribution in [2.24, 2.45) is 12.8 Å². The molecule has 0 aliphatic carbocycles. The number of hydrogen-bond donors (Lipinski definition) is 1. The van der Waals surface area contributed by atoms with E-state index in [1.54, 1.807) is 0 Å². The highest BCUT2D eigenvalue weighted by Crippen LogP contribution is 2.13. The summed E-state index contributed by atoms with van der Waals surface area (Å²) in [7, 11) is 2.00. The summed E-state index contributed by atoms with van der Waals surface area (Å²) in [6, 6.07) is 0. The first-order chi connectivity index (χ1) is 8.24. The number of nitrogens with zero attached hydrogens (tertiary/aromatic N) is 2. The monoisotopic (exact) mass is 233 g/mol. The summed E-state index contributed by atoms with van der Waals surface area (Å²) in [5.41, 5.74) is 8.96. The molecule has 0 aliphatic heterocycles. The number of nitrogens with two attached hydrogens (primary N) is 1. The second kappa shape index (κ2) is 7.13. The van der Waals surface area contributed by atoms with Gasteiger partial charge in [0.15, 0.2) is 0 Å². The Labute approximate surface area is 104 Å². The number of unbranched alkanes of at least 4 members (excludes halogenated alkanes) is 2. The lowest BCUT2D eigenvalue weighted by Gasteiger charge is -1.97. The van der Waals surface area contributed by atoms with Gasteiger partial charge in [-0.2, -0.15) is 5.10 Å². The summed E-state index contributed by atoms with van der Waals surface area (Å²) >= 11 is 0. The topological polar surface area (TPSA) is 43.8 Å². The quantitative estimate of drug-likeness (QED) is 0.624. The average molecular weight is 233 g/mol. The Morgan fingerprint density at radius 2 is 2.00 bits per heavy atom. The number of rotatable bonds is 5. The van der Waals surface area contributed by atoms with E-state index < -0.39 is 0 Å². The molecule has 17 heavy (non-hydrogen) atoms. The molecule has 1 aromatic heterocycles. The van der Waals surface area contributed by atoms with Gasteiger partial charge in [-0.15, -0.1) is 0 Å². The Hall–Kier alpha value is -1.27. The normalized spacial score (nSPS) is 10.1. The van der Waals surface area contributed by atoms with E-state index in [9.17, 15) is 0 Å². The second-order valence-electron chi connectivity index (χ2n) is 4.15. The maximum absolute atomic E-state index is 5.45. The van der Waals surface area contributed by atoms with Crippen LogP contribution in [0.25, 0.3) is 0 Å². The fourth-order valence-corrected chi connectivity index (χ4v) is 1.93. The number of aryl methyl sites for hydroxylation is 2. The fourth-order valence-electron chi connectivity index (χ4n) is 1.93.